The number of alkyl halides is 3. The van der Waals surface area contributed by atoms with Gasteiger partial charge in [0.15, 0.2) is 6.10 Å². The molecule has 8 heteroatoms. The summed E-state index contributed by atoms with van der Waals surface area (Å²) in [6, 6.07) is 4.98. The molecular weight excluding hydrogens is 327 g/mol. The summed E-state index contributed by atoms with van der Waals surface area (Å²) in [4.78, 5) is 24.4. The van der Waals surface area contributed by atoms with Gasteiger partial charge in [0.2, 0.25) is 5.91 Å². The van der Waals surface area contributed by atoms with Gasteiger partial charge in [-0.3, -0.25) is 4.79 Å². The van der Waals surface area contributed by atoms with E-state index in [4.69, 9.17) is 9.84 Å². The lowest BCUT2D eigenvalue weighted by molar-refractivity contribution is -0.158. The number of carbonyl (C=O) groups excluding carboxylic acids is 1. The first-order valence-corrected chi connectivity index (χ1v) is 7.18. The Morgan fingerprint density at radius 1 is 1.33 bits per heavy atom. The van der Waals surface area contributed by atoms with Crippen molar-refractivity contribution in [2.75, 3.05) is 19.7 Å². The number of aliphatic carboxylic acids is 1. The van der Waals surface area contributed by atoms with Crippen LogP contribution in [0.15, 0.2) is 30.3 Å². The van der Waals surface area contributed by atoms with Crippen LogP contribution in [-0.2, 0) is 20.5 Å². The molecule has 0 saturated carbocycles. The summed E-state index contributed by atoms with van der Waals surface area (Å²) in [5.74, 6) is -1.73. The van der Waals surface area contributed by atoms with Crippen molar-refractivity contribution in [2.24, 2.45) is 0 Å². The predicted octanol–water partition coefficient (Wildman–Crippen LogP) is 2.42. The Hall–Kier alpha value is -2.35. The maximum Gasteiger partial charge on any atom is 0.416 e. The summed E-state index contributed by atoms with van der Waals surface area (Å²) in [6.07, 6.45) is -4.56. The van der Waals surface area contributed by atoms with Crippen molar-refractivity contribution >= 4 is 17.4 Å². The van der Waals surface area contributed by atoms with Crippen molar-refractivity contribution in [3.05, 3.63) is 41.5 Å². The van der Waals surface area contributed by atoms with Crippen molar-refractivity contribution in [3.8, 4) is 0 Å². The molecule has 24 heavy (non-hydrogen) atoms. The highest BCUT2D eigenvalue weighted by Crippen LogP contribution is 2.34. The van der Waals surface area contributed by atoms with E-state index in [1.54, 1.807) is 0 Å². The van der Waals surface area contributed by atoms with Crippen LogP contribution in [0, 0.1) is 0 Å². The second-order valence-electron chi connectivity index (χ2n) is 5.35. The lowest BCUT2D eigenvalue weighted by Gasteiger charge is -2.30. The summed E-state index contributed by atoms with van der Waals surface area (Å²) in [6.45, 7) is 1.53. The number of carboxylic acids is 1. The van der Waals surface area contributed by atoms with Gasteiger partial charge in [0.05, 0.1) is 18.7 Å². The number of rotatable bonds is 3. The third-order valence-corrected chi connectivity index (χ3v) is 3.65. The first kappa shape index (κ1) is 18.0. The van der Waals surface area contributed by atoms with Crippen LogP contribution in [0.5, 0.6) is 0 Å². The van der Waals surface area contributed by atoms with E-state index in [1.807, 2.05) is 0 Å². The monoisotopic (exact) mass is 343 g/mol. The number of nitrogens with zero attached hydrogens (tertiary/aromatic N) is 1. The van der Waals surface area contributed by atoms with E-state index in [-0.39, 0.29) is 30.8 Å². The Balaban J connectivity index is 2.22. The highest BCUT2D eigenvalue weighted by atomic mass is 19.4. The molecule has 5 nitrogen and oxygen atoms in total. The van der Waals surface area contributed by atoms with Crippen molar-refractivity contribution in [3.63, 3.8) is 0 Å². The molecule has 1 atom stereocenters. The smallest absolute Gasteiger partial charge is 0.416 e. The molecule has 1 fully saturated rings. The fourth-order valence-electron chi connectivity index (χ4n) is 2.43. The first-order chi connectivity index (χ1) is 11.2. The summed E-state index contributed by atoms with van der Waals surface area (Å²) in [5.41, 5.74) is -0.746. The van der Waals surface area contributed by atoms with Gasteiger partial charge in [-0.2, -0.15) is 13.2 Å². The average molecular weight is 343 g/mol. The summed E-state index contributed by atoms with van der Waals surface area (Å²) < 4.78 is 44.1. The predicted molar refractivity (Wildman–Crippen MR) is 79.1 cm³/mol. The Bertz CT molecular complexity index is 670. The van der Waals surface area contributed by atoms with Crippen molar-refractivity contribution in [2.45, 2.75) is 19.2 Å². The van der Waals surface area contributed by atoms with Gasteiger partial charge in [0, 0.05) is 12.6 Å². The number of hydrogen-bond donors (Lipinski definition) is 1. The highest BCUT2D eigenvalue weighted by Gasteiger charge is 2.33. The van der Waals surface area contributed by atoms with E-state index in [1.165, 1.54) is 30.0 Å². The van der Waals surface area contributed by atoms with Crippen LogP contribution >= 0.6 is 0 Å². The van der Waals surface area contributed by atoms with E-state index < -0.39 is 29.7 Å². The maximum atomic E-state index is 13.0. The molecule has 0 aliphatic carbocycles. The molecule has 1 aromatic carbocycles. The van der Waals surface area contributed by atoms with Crippen LogP contribution in [0.4, 0.5) is 13.2 Å². The Kier molecular flexibility index (Phi) is 5.28. The summed E-state index contributed by atoms with van der Waals surface area (Å²) >= 11 is 0. The second kappa shape index (κ2) is 7.04. The number of halogens is 3. The normalized spacial score (nSPS) is 19.2. The molecule has 1 amide bonds. The molecule has 0 bridgehead atoms. The minimum atomic E-state index is -4.53. The van der Waals surface area contributed by atoms with Gasteiger partial charge in [0.1, 0.15) is 0 Å². The largest absolute Gasteiger partial charge is 0.479 e. The quantitative estimate of drug-likeness (QED) is 0.856. The number of ether oxygens (including phenoxy) is 1. The number of morpholine rings is 1. The summed E-state index contributed by atoms with van der Waals surface area (Å²) in [5, 5.41) is 8.92. The van der Waals surface area contributed by atoms with Crippen LogP contribution in [0.2, 0.25) is 0 Å². The van der Waals surface area contributed by atoms with E-state index in [0.717, 1.165) is 12.1 Å². The van der Waals surface area contributed by atoms with Crippen molar-refractivity contribution in [1.82, 2.24) is 4.90 Å². The number of amides is 1. The molecule has 0 spiro atoms. The Morgan fingerprint density at radius 3 is 2.62 bits per heavy atom. The lowest BCUT2D eigenvalue weighted by atomic mass is 10.00. The zero-order valence-corrected chi connectivity index (χ0v) is 12.8. The summed E-state index contributed by atoms with van der Waals surface area (Å²) in [7, 11) is 0. The SMILES string of the molecule is CC(=CC(=O)N1CCOC(C(=O)O)C1)c1ccccc1C(F)(F)F. The van der Waals surface area contributed by atoms with Crippen LogP contribution < -0.4 is 0 Å². The molecule has 130 valence electrons. The molecule has 1 unspecified atom stereocenters. The second-order valence-corrected chi connectivity index (χ2v) is 5.35. The zero-order valence-electron chi connectivity index (χ0n) is 12.8. The van der Waals surface area contributed by atoms with Crippen LogP contribution in [0.1, 0.15) is 18.1 Å². The standard InChI is InChI=1S/C16H16F3NO4/c1-10(11-4-2-3-5-12(11)16(17,18)19)8-14(21)20-6-7-24-13(9-20)15(22)23/h2-5,8,13H,6-7,9H2,1H3,(H,22,23). The Morgan fingerprint density at radius 2 is 2.00 bits per heavy atom. The fourth-order valence-corrected chi connectivity index (χ4v) is 2.43. The van der Waals surface area contributed by atoms with Crippen LogP contribution in [0.25, 0.3) is 5.57 Å². The molecule has 1 saturated heterocycles. The van der Waals surface area contributed by atoms with Gasteiger partial charge in [-0.15, -0.1) is 0 Å². The van der Waals surface area contributed by atoms with Gasteiger partial charge in [-0.1, -0.05) is 18.2 Å². The van der Waals surface area contributed by atoms with E-state index in [2.05, 4.69) is 0 Å². The van der Waals surface area contributed by atoms with Gasteiger partial charge in [-0.25, -0.2) is 4.79 Å². The molecular formula is C16H16F3NO4. The maximum absolute atomic E-state index is 13.0. The van der Waals surface area contributed by atoms with Gasteiger partial charge < -0.3 is 14.7 Å². The molecule has 0 radical (unpaired) electrons. The highest BCUT2D eigenvalue weighted by molar-refractivity contribution is 5.95. The average Bonchev–Trinajstić information content (AvgIpc) is 2.54. The molecule has 1 N–H and O–H groups in total. The molecule has 1 aliphatic rings. The number of hydrogen-bond acceptors (Lipinski definition) is 3. The molecule has 1 aromatic rings. The van der Waals surface area contributed by atoms with E-state index >= 15 is 0 Å². The zero-order chi connectivity index (χ0) is 17.9. The van der Waals surface area contributed by atoms with E-state index in [0.29, 0.717) is 0 Å². The molecule has 1 aliphatic heterocycles. The Labute approximate surface area is 136 Å². The van der Waals surface area contributed by atoms with E-state index in [9.17, 15) is 22.8 Å². The van der Waals surface area contributed by atoms with Gasteiger partial charge in [0.25, 0.3) is 0 Å². The topological polar surface area (TPSA) is 66.8 Å². The van der Waals surface area contributed by atoms with Crippen molar-refractivity contribution in [1.29, 1.82) is 0 Å². The third kappa shape index (κ3) is 4.14. The third-order valence-electron chi connectivity index (χ3n) is 3.65. The van der Waals surface area contributed by atoms with Crippen LogP contribution in [0.3, 0.4) is 0 Å². The molecule has 2 rings (SSSR count). The molecule has 0 aromatic heterocycles. The number of carboxylic acid groups (broad SMARTS) is 1. The molecule has 1 heterocycles. The lowest BCUT2D eigenvalue weighted by Crippen LogP contribution is -2.48. The van der Waals surface area contributed by atoms with Crippen molar-refractivity contribution < 1.29 is 32.6 Å². The van der Waals surface area contributed by atoms with Gasteiger partial charge >= 0.3 is 12.1 Å². The number of benzene rings is 1. The number of allylic oxidation sites excluding steroid dienone is 1. The first-order valence-electron chi connectivity index (χ1n) is 7.18. The van der Waals surface area contributed by atoms with Crippen LogP contribution in [-0.4, -0.2) is 47.7 Å². The van der Waals surface area contributed by atoms with Gasteiger partial charge in [-0.05, 0) is 24.1 Å². The fraction of sp³-hybridized carbons (Fsp3) is 0.375. The minimum Gasteiger partial charge on any atom is -0.479 e. The number of carbonyl (C=O) groups is 2. The minimum absolute atomic E-state index is 0.0642.